The summed E-state index contributed by atoms with van der Waals surface area (Å²) in [5.74, 6) is 0.690. The molecule has 76 valence electrons. The van der Waals surface area contributed by atoms with Gasteiger partial charge in [-0.2, -0.15) is 0 Å². The number of pyridine rings is 1. The molecule has 3 nitrogen and oxygen atoms in total. The smallest absolute Gasteiger partial charge is 0.132 e. The average Bonchev–Trinajstić information content (AvgIpc) is 2.01. The van der Waals surface area contributed by atoms with Crippen LogP contribution in [-0.2, 0) is 0 Å². The van der Waals surface area contributed by atoms with E-state index >= 15 is 0 Å². The van der Waals surface area contributed by atoms with Crippen LogP contribution in [0.15, 0.2) is 12.1 Å². The van der Waals surface area contributed by atoms with Crippen LogP contribution in [0.5, 0.6) is 0 Å². The molecule has 3 N–H and O–H groups in total. The van der Waals surface area contributed by atoms with Crippen LogP contribution in [0.2, 0.25) is 5.15 Å². The summed E-state index contributed by atoms with van der Waals surface area (Å²) < 4.78 is 0. The average molecular weight is 230 g/mol. The highest BCUT2D eigenvalue weighted by atomic mass is 35.5. The lowest BCUT2D eigenvalue weighted by molar-refractivity contribution is 0.889. The van der Waals surface area contributed by atoms with Crippen molar-refractivity contribution in [2.24, 2.45) is 5.73 Å². The first kappa shape index (κ1) is 11.2. The number of rotatable bonds is 3. The molecule has 0 saturated heterocycles. The van der Waals surface area contributed by atoms with E-state index in [1.165, 1.54) is 0 Å². The number of halogens is 1. The van der Waals surface area contributed by atoms with Gasteiger partial charge in [-0.3, -0.25) is 0 Å². The standard InChI is InChI=1S/C9H12ClN3S/c1-5(2)12-8-4-6(9(11)14)3-7(10)13-8/h3-5H,1-2H3,(H2,11,14)(H,12,13). The van der Waals surface area contributed by atoms with Gasteiger partial charge in [0.1, 0.15) is 16.0 Å². The third-order valence-corrected chi connectivity index (χ3v) is 1.94. The van der Waals surface area contributed by atoms with Crippen molar-refractivity contribution in [1.29, 1.82) is 0 Å². The minimum atomic E-state index is 0.292. The molecule has 0 aliphatic carbocycles. The molecule has 0 aromatic carbocycles. The van der Waals surface area contributed by atoms with Crippen molar-refractivity contribution >= 4 is 34.6 Å². The summed E-state index contributed by atoms with van der Waals surface area (Å²) in [6.07, 6.45) is 0. The lowest BCUT2D eigenvalue weighted by Crippen LogP contribution is -2.14. The number of hydrogen-bond acceptors (Lipinski definition) is 3. The van der Waals surface area contributed by atoms with E-state index in [9.17, 15) is 0 Å². The maximum absolute atomic E-state index is 5.81. The summed E-state index contributed by atoms with van der Waals surface area (Å²) >= 11 is 10.7. The first-order valence-corrected chi connectivity index (χ1v) is 5.01. The summed E-state index contributed by atoms with van der Waals surface area (Å²) in [5.41, 5.74) is 6.22. The van der Waals surface area contributed by atoms with Crippen molar-refractivity contribution in [2.45, 2.75) is 19.9 Å². The minimum absolute atomic E-state index is 0.292. The van der Waals surface area contributed by atoms with Crippen LogP contribution in [0.1, 0.15) is 19.4 Å². The Kier molecular flexibility index (Phi) is 3.66. The molecule has 5 heteroatoms. The molecule has 1 aromatic heterocycles. The first-order valence-electron chi connectivity index (χ1n) is 4.23. The van der Waals surface area contributed by atoms with Crippen molar-refractivity contribution < 1.29 is 0 Å². The molecule has 0 spiro atoms. The quantitative estimate of drug-likeness (QED) is 0.616. The van der Waals surface area contributed by atoms with E-state index in [-0.39, 0.29) is 0 Å². The fourth-order valence-corrected chi connectivity index (χ4v) is 1.34. The van der Waals surface area contributed by atoms with E-state index in [0.29, 0.717) is 22.0 Å². The molecule has 1 aromatic rings. The SMILES string of the molecule is CC(C)Nc1cc(C(N)=S)cc(Cl)n1. The predicted molar refractivity (Wildman–Crippen MR) is 63.9 cm³/mol. The maximum Gasteiger partial charge on any atom is 0.132 e. The summed E-state index contributed by atoms with van der Waals surface area (Å²) in [5, 5.41) is 3.52. The molecule has 1 rings (SSSR count). The van der Waals surface area contributed by atoms with Crippen LogP contribution in [-0.4, -0.2) is 16.0 Å². The molecule has 1 heterocycles. The summed E-state index contributed by atoms with van der Waals surface area (Å²) in [6.45, 7) is 4.03. The topological polar surface area (TPSA) is 50.9 Å². The number of aromatic nitrogens is 1. The van der Waals surface area contributed by atoms with Gasteiger partial charge < -0.3 is 11.1 Å². The van der Waals surface area contributed by atoms with Crippen molar-refractivity contribution in [2.75, 3.05) is 5.32 Å². The summed E-state index contributed by atoms with van der Waals surface area (Å²) in [6, 6.07) is 3.73. The van der Waals surface area contributed by atoms with E-state index in [1.807, 2.05) is 13.8 Å². The van der Waals surface area contributed by atoms with Crippen molar-refractivity contribution in [1.82, 2.24) is 4.98 Å². The van der Waals surface area contributed by atoms with E-state index in [0.717, 1.165) is 5.56 Å². The van der Waals surface area contributed by atoms with Gasteiger partial charge >= 0.3 is 0 Å². The Bertz CT molecular complexity index is 352. The molecule has 14 heavy (non-hydrogen) atoms. The van der Waals surface area contributed by atoms with Gasteiger partial charge in [-0.05, 0) is 26.0 Å². The fraction of sp³-hybridized carbons (Fsp3) is 0.333. The molecule has 0 fully saturated rings. The number of anilines is 1. The van der Waals surface area contributed by atoms with Gasteiger partial charge in [0.2, 0.25) is 0 Å². The largest absolute Gasteiger partial charge is 0.389 e. The molecular formula is C9H12ClN3S. The van der Waals surface area contributed by atoms with Crippen molar-refractivity contribution in [3.63, 3.8) is 0 Å². The van der Waals surface area contributed by atoms with Crippen LogP contribution in [0.4, 0.5) is 5.82 Å². The normalized spacial score (nSPS) is 10.3. The van der Waals surface area contributed by atoms with Crippen LogP contribution >= 0.6 is 23.8 Å². The third-order valence-electron chi connectivity index (χ3n) is 1.52. The highest BCUT2D eigenvalue weighted by Crippen LogP contribution is 2.15. The van der Waals surface area contributed by atoms with Gasteiger partial charge in [-0.1, -0.05) is 23.8 Å². The van der Waals surface area contributed by atoms with E-state index in [1.54, 1.807) is 12.1 Å². The second-order valence-electron chi connectivity index (χ2n) is 3.23. The summed E-state index contributed by atoms with van der Waals surface area (Å²) in [7, 11) is 0. The maximum atomic E-state index is 5.81. The Morgan fingerprint density at radius 3 is 2.71 bits per heavy atom. The highest BCUT2D eigenvalue weighted by Gasteiger charge is 2.04. The second-order valence-corrected chi connectivity index (χ2v) is 4.05. The molecular weight excluding hydrogens is 218 g/mol. The number of nitrogens with two attached hydrogens (primary N) is 1. The van der Waals surface area contributed by atoms with Gasteiger partial charge in [0.25, 0.3) is 0 Å². The van der Waals surface area contributed by atoms with Gasteiger partial charge in [-0.25, -0.2) is 4.98 Å². The predicted octanol–water partition coefficient (Wildman–Crippen LogP) is 2.19. The second kappa shape index (κ2) is 4.57. The lowest BCUT2D eigenvalue weighted by Gasteiger charge is -2.10. The van der Waals surface area contributed by atoms with Crippen LogP contribution in [0.3, 0.4) is 0 Å². The Hall–Kier alpha value is -0.870. The molecule has 0 aliphatic rings. The molecule has 0 amide bonds. The number of thiocarbonyl (C=S) groups is 1. The zero-order valence-corrected chi connectivity index (χ0v) is 9.62. The van der Waals surface area contributed by atoms with Crippen LogP contribution < -0.4 is 11.1 Å². The lowest BCUT2D eigenvalue weighted by atomic mass is 10.2. The third kappa shape index (κ3) is 3.12. The zero-order valence-electron chi connectivity index (χ0n) is 8.04. The minimum Gasteiger partial charge on any atom is -0.389 e. The van der Waals surface area contributed by atoms with Crippen molar-refractivity contribution in [3.8, 4) is 0 Å². The number of hydrogen-bond donors (Lipinski definition) is 2. The summed E-state index contributed by atoms with van der Waals surface area (Å²) in [4.78, 5) is 4.42. The van der Waals surface area contributed by atoms with Gasteiger partial charge in [0.05, 0.1) is 0 Å². The fourth-order valence-electron chi connectivity index (χ4n) is 1.01. The highest BCUT2D eigenvalue weighted by molar-refractivity contribution is 7.80. The molecule has 0 aliphatic heterocycles. The molecule has 0 bridgehead atoms. The Morgan fingerprint density at radius 2 is 2.21 bits per heavy atom. The Labute approximate surface area is 93.7 Å². The molecule has 0 saturated carbocycles. The van der Waals surface area contributed by atoms with Gasteiger partial charge in [0.15, 0.2) is 0 Å². The Morgan fingerprint density at radius 1 is 1.57 bits per heavy atom. The molecule has 0 radical (unpaired) electrons. The van der Waals surface area contributed by atoms with E-state index in [2.05, 4.69) is 10.3 Å². The van der Waals surface area contributed by atoms with Crippen LogP contribution in [0.25, 0.3) is 0 Å². The number of nitrogens with one attached hydrogen (secondary N) is 1. The van der Waals surface area contributed by atoms with E-state index in [4.69, 9.17) is 29.6 Å². The molecule has 0 unspecified atom stereocenters. The number of nitrogens with zero attached hydrogens (tertiary/aromatic N) is 1. The monoisotopic (exact) mass is 229 g/mol. The van der Waals surface area contributed by atoms with Gasteiger partial charge in [-0.15, -0.1) is 0 Å². The van der Waals surface area contributed by atoms with E-state index < -0.39 is 0 Å². The first-order chi connectivity index (χ1) is 6.49. The Balaban J connectivity index is 3.01. The van der Waals surface area contributed by atoms with Gasteiger partial charge in [0, 0.05) is 11.6 Å². The van der Waals surface area contributed by atoms with Crippen molar-refractivity contribution in [3.05, 3.63) is 22.8 Å². The molecule has 0 atom stereocenters. The zero-order chi connectivity index (χ0) is 10.7. The van der Waals surface area contributed by atoms with Crippen LogP contribution in [0, 0.1) is 0 Å².